The summed E-state index contributed by atoms with van der Waals surface area (Å²) < 4.78 is 8.40. The van der Waals surface area contributed by atoms with Crippen LogP contribution in [0.5, 0.6) is 0 Å². The predicted octanol–water partition coefficient (Wildman–Crippen LogP) is 6.61. The number of benzene rings is 1. The summed E-state index contributed by atoms with van der Waals surface area (Å²) in [7, 11) is 5.56. The van der Waals surface area contributed by atoms with Crippen molar-refractivity contribution in [3.05, 3.63) is 34.9 Å². The Morgan fingerprint density at radius 2 is 1.78 bits per heavy atom. The van der Waals surface area contributed by atoms with Gasteiger partial charge in [-0.3, -0.25) is 0 Å². The largest absolute Gasteiger partial charge is 0.479 e. The highest BCUT2D eigenvalue weighted by Crippen LogP contribution is 2.47. The number of carboxylic acids is 1. The van der Waals surface area contributed by atoms with Crippen molar-refractivity contribution >= 4 is 45.9 Å². The molecule has 0 radical (unpaired) electrons. The number of hydrogen-bond donors (Lipinski definition) is 4. The van der Waals surface area contributed by atoms with Crippen LogP contribution in [0.15, 0.2) is 24.3 Å². The first kappa shape index (κ1) is 27.1. The molecule has 0 aliphatic heterocycles. The monoisotopic (exact) mass is 527 g/mol. The fourth-order valence-electron chi connectivity index (χ4n) is 5.46. The molecule has 1 atom stereocenters. The van der Waals surface area contributed by atoms with Crippen LogP contribution in [-0.2, 0) is 16.1 Å². The van der Waals surface area contributed by atoms with Crippen molar-refractivity contribution in [1.29, 1.82) is 0 Å². The molecule has 1 aliphatic carbocycles. The van der Waals surface area contributed by atoms with Crippen LogP contribution in [0.25, 0.3) is 22.2 Å². The third kappa shape index (κ3) is 5.36. The molecule has 0 unspecified atom stereocenters. The molecule has 1 aliphatic rings. The van der Waals surface area contributed by atoms with E-state index < -0.39 is 17.7 Å². The number of nitrogens with zero attached hydrogens (tertiary/aromatic N) is 2. The molecule has 4 rings (SSSR count). The second-order valence-corrected chi connectivity index (χ2v) is 11.1. The van der Waals surface area contributed by atoms with Crippen LogP contribution in [0, 0.1) is 5.92 Å². The Morgan fingerprint density at radius 3 is 2.30 bits per heavy atom. The van der Waals surface area contributed by atoms with E-state index in [0.717, 1.165) is 40.2 Å². The zero-order valence-electron chi connectivity index (χ0n) is 22.5. The van der Waals surface area contributed by atoms with Crippen LogP contribution in [0.4, 0.5) is 17.3 Å². The number of halogens is 1. The Hall–Kier alpha value is -2.97. The first-order valence-corrected chi connectivity index (χ1v) is 13.3. The van der Waals surface area contributed by atoms with E-state index in [0.29, 0.717) is 22.3 Å². The number of rotatable bonds is 9. The maximum atomic E-state index is 12.7. The minimum atomic E-state index is -1.24. The molecule has 1 aromatic carbocycles. The molecule has 200 valence electrons. The normalized spacial score (nSPS) is 15.2. The Kier molecular flexibility index (Phi) is 7.90. The van der Waals surface area contributed by atoms with Crippen molar-refractivity contribution < 1.29 is 14.6 Å². The van der Waals surface area contributed by atoms with E-state index >= 15 is 0 Å². The van der Waals surface area contributed by atoms with E-state index in [9.17, 15) is 9.90 Å². The molecule has 37 heavy (non-hydrogen) atoms. The SMILES string of the molecule is CNc1nc2c(c(NC)c(NC)n2CC2CCCC2)c(-c2ccc(Cl)cc2)c1[C@H](OC(C)(C)C)C(=O)O. The first-order valence-electron chi connectivity index (χ1n) is 12.9. The highest BCUT2D eigenvalue weighted by atomic mass is 35.5. The summed E-state index contributed by atoms with van der Waals surface area (Å²) in [6, 6.07) is 7.48. The van der Waals surface area contributed by atoms with Gasteiger partial charge < -0.3 is 30.4 Å². The van der Waals surface area contributed by atoms with Crippen LogP contribution < -0.4 is 16.0 Å². The molecule has 8 nitrogen and oxygen atoms in total. The number of hydrogen-bond acceptors (Lipinski definition) is 6. The molecule has 9 heteroatoms. The third-order valence-corrected chi connectivity index (χ3v) is 7.21. The highest BCUT2D eigenvalue weighted by molar-refractivity contribution is 6.30. The molecule has 0 spiro atoms. The van der Waals surface area contributed by atoms with Crippen LogP contribution in [0.2, 0.25) is 5.02 Å². The molecule has 0 saturated heterocycles. The van der Waals surface area contributed by atoms with Crippen molar-refractivity contribution in [2.24, 2.45) is 5.92 Å². The smallest absolute Gasteiger partial charge is 0.337 e. The Morgan fingerprint density at radius 1 is 1.14 bits per heavy atom. The summed E-state index contributed by atoms with van der Waals surface area (Å²) in [5, 5.41) is 21.8. The van der Waals surface area contributed by atoms with E-state index in [1.54, 1.807) is 7.05 Å². The van der Waals surface area contributed by atoms with Gasteiger partial charge in [0.05, 0.1) is 16.7 Å². The van der Waals surface area contributed by atoms with Gasteiger partial charge in [0.2, 0.25) is 0 Å². The van der Waals surface area contributed by atoms with Gasteiger partial charge in [-0.15, -0.1) is 0 Å². The van der Waals surface area contributed by atoms with Gasteiger partial charge >= 0.3 is 5.97 Å². The zero-order chi connectivity index (χ0) is 26.9. The number of anilines is 3. The summed E-state index contributed by atoms with van der Waals surface area (Å²) in [5.74, 6) is 0.898. The van der Waals surface area contributed by atoms with E-state index in [4.69, 9.17) is 21.3 Å². The van der Waals surface area contributed by atoms with E-state index in [1.165, 1.54) is 25.7 Å². The molecule has 1 fully saturated rings. The Bertz CT molecular complexity index is 1270. The summed E-state index contributed by atoms with van der Waals surface area (Å²) >= 11 is 6.25. The van der Waals surface area contributed by atoms with Gasteiger partial charge in [0.1, 0.15) is 17.3 Å². The van der Waals surface area contributed by atoms with Gasteiger partial charge in [-0.05, 0) is 57.2 Å². The zero-order valence-corrected chi connectivity index (χ0v) is 23.3. The number of fused-ring (bicyclic) bond motifs is 1. The molecule has 2 heterocycles. The predicted molar refractivity (Wildman–Crippen MR) is 152 cm³/mol. The number of aliphatic carboxylic acids is 1. The van der Waals surface area contributed by atoms with Crippen molar-refractivity contribution in [3.8, 4) is 11.1 Å². The third-order valence-electron chi connectivity index (χ3n) is 6.96. The number of carbonyl (C=O) groups is 1. The molecular formula is C28H38ClN5O3. The number of nitrogens with one attached hydrogen (secondary N) is 3. The topological polar surface area (TPSA) is 100 Å². The van der Waals surface area contributed by atoms with Gasteiger partial charge in [-0.25, -0.2) is 9.78 Å². The number of pyridine rings is 1. The van der Waals surface area contributed by atoms with Crippen LogP contribution in [-0.4, -0.2) is 47.4 Å². The molecule has 2 aromatic heterocycles. The number of aromatic nitrogens is 2. The lowest BCUT2D eigenvalue weighted by Crippen LogP contribution is -2.28. The summed E-state index contributed by atoms with van der Waals surface area (Å²) in [4.78, 5) is 17.7. The van der Waals surface area contributed by atoms with Crippen molar-refractivity contribution in [1.82, 2.24) is 9.55 Å². The highest BCUT2D eigenvalue weighted by Gasteiger charge is 2.35. The van der Waals surface area contributed by atoms with Gasteiger partial charge in [0, 0.05) is 43.8 Å². The quantitative estimate of drug-likeness (QED) is 0.248. The number of ether oxygens (including phenoxy) is 1. The lowest BCUT2D eigenvalue weighted by Gasteiger charge is -2.28. The summed E-state index contributed by atoms with van der Waals surface area (Å²) in [6.45, 7) is 6.40. The fourth-order valence-corrected chi connectivity index (χ4v) is 5.59. The second kappa shape index (κ2) is 10.8. The number of carboxylic acid groups (broad SMARTS) is 1. The lowest BCUT2D eigenvalue weighted by atomic mass is 9.93. The van der Waals surface area contributed by atoms with Crippen LogP contribution >= 0.6 is 11.6 Å². The van der Waals surface area contributed by atoms with Gasteiger partial charge in [-0.2, -0.15) is 0 Å². The molecule has 0 bridgehead atoms. The standard InChI is InChI=1S/C28H38ClN5O3/c1-28(2,3)37-23(27(35)36)21-19(17-11-13-18(29)14-12-17)20-22(30-4)26(32-6)34(15-16-9-7-8-10-16)25(20)33-24(21)31-5/h11-14,16,23,30,32H,7-10,15H2,1-6H3,(H,31,33)(H,35,36)/t23-/m0/s1. The molecular weight excluding hydrogens is 490 g/mol. The average molecular weight is 528 g/mol. The van der Waals surface area contributed by atoms with Gasteiger partial charge in [0.15, 0.2) is 6.10 Å². The van der Waals surface area contributed by atoms with Crippen molar-refractivity contribution in [2.45, 2.75) is 64.7 Å². The van der Waals surface area contributed by atoms with E-state index in [2.05, 4.69) is 20.5 Å². The molecule has 0 amide bonds. The average Bonchev–Trinajstić information content (AvgIpc) is 3.47. The fraction of sp³-hybridized carbons (Fsp3) is 0.500. The molecule has 1 saturated carbocycles. The summed E-state index contributed by atoms with van der Waals surface area (Å²) in [5.41, 5.74) is 3.04. The Labute approximate surface area is 223 Å². The molecule has 4 N–H and O–H groups in total. The molecule has 3 aromatic rings. The lowest BCUT2D eigenvalue weighted by molar-refractivity contribution is -0.160. The first-order chi connectivity index (χ1) is 17.6. The minimum absolute atomic E-state index is 0.476. The van der Waals surface area contributed by atoms with E-state index in [1.807, 2.05) is 59.1 Å². The maximum Gasteiger partial charge on any atom is 0.337 e. The second-order valence-electron chi connectivity index (χ2n) is 10.6. The minimum Gasteiger partial charge on any atom is -0.479 e. The Balaban J connectivity index is 2.14. The van der Waals surface area contributed by atoms with Crippen LogP contribution in [0.1, 0.15) is 58.1 Å². The van der Waals surface area contributed by atoms with Crippen molar-refractivity contribution in [2.75, 3.05) is 37.1 Å². The van der Waals surface area contributed by atoms with Crippen LogP contribution in [0.3, 0.4) is 0 Å². The van der Waals surface area contributed by atoms with Gasteiger partial charge in [-0.1, -0.05) is 36.6 Å². The van der Waals surface area contributed by atoms with Crippen molar-refractivity contribution in [3.63, 3.8) is 0 Å². The maximum absolute atomic E-state index is 12.7. The van der Waals surface area contributed by atoms with E-state index in [-0.39, 0.29) is 0 Å². The van der Waals surface area contributed by atoms with Gasteiger partial charge in [0.25, 0.3) is 0 Å². The summed E-state index contributed by atoms with van der Waals surface area (Å²) in [6.07, 6.45) is 3.64.